The van der Waals surface area contributed by atoms with E-state index in [1.165, 1.54) is 0 Å². The molecule has 0 atom stereocenters. The predicted molar refractivity (Wildman–Crippen MR) is 97.6 cm³/mol. The Bertz CT molecular complexity index is 984. The van der Waals surface area contributed by atoms with Crippen molar-refractivity contribution in [2.75, 3.05) is 13.7 Å². The van der Waals surface area contributed by atoms with Crippen molar-refractivity contribution < 1.29 is 9.53 Å². The lowest BCUT2D eigenvalue weighted by Crippen LogP contribution is -2.36. The van der Waals surface area contributed by atoms with E-state index in [4.69, 9.17) is 27.9 Å². The van der Waals surface area contributed by atoms with Gasteiger partial charge in [-0.3, -0.25) is 4.79 Å². The van der Waals surface area contributed by atoms with Gasteiger partial charge in [0.25, 0.3) is 5.91 Å². The minimum atomic E-state index is -0.142. The number of nitrogens with one attached hydrogen (secondary N) is 1. The summed E-state index contributed by atoms with van der Waals surface area (Å²) in [5.41, 5.74) is 3.69. The van der Waals surface area contributed by atoms with Gasteiger partial charge >= 0.3 is 0 Å². The summed E-state index contributed by atoms with van der Waals surface area (Å²) < 4.78 is 5.32. The summed E-state index contributed by atoms with van der Waals surface area (Å²) in [4.78, 5) is 22.0. The fourth-order valence-corrected chi connectivity index (χ4v) is 3.66. The molecule has 128 valence electrons. The van der Waals surface area contributed by atoms with Gasteiger partial charge in [-0.2, -0.15) is 0 Å². The van der Waals surface area contributed by atoms with Crippen LogP contribution in [0.15, 0.2) is 30.3 Å². The van der Waals surface area contributed by atoms with E-state index in [0.29, 0.717) is 18.7 Å². The molecule has 7 heteroatoms. The fourth-order valence-electron chi connectivity index (χ4n) is 3.24. The Morgan fingerprint density at radius 3 is 2.88 bits per heavy atom. The van der Waals surface area contributed by atoms with Gasteiger partial charge in [-0.15, -0.1) is 0 Å². The van der Waals surface area contributed by atoms with Crippen LogP contribution in [0.4, 0.5) is 0 Å². The highest BCUT2D eigenvalue weighted by Gasteiger charge is 2.26. The summed E-state index contributed by atoms with van der Waals surface area (Å²) in [6, 6.07) is 9.11. The smallest absolute Gasteiger partial charge is 0.257 e. The molecule has 1 aliphatic rings. The molecule has 0 aliphatic carbocycles. The number of carbonyl (C=O) groups is 1. The highest BCUT2D eigenvalue weighted by Crippen LogP contribution is 2.31. The number of H-pyrrole nitrogens is 1. The van der Waals surface area contributed by atoms with Crippen molar-refractivity contribution in [3.05, 3.63) is 57.5 Å². The van der Waals surface area contributed by atoms with Crippen LogP contribution in [0.25, 0.3) is 10.9 Å². The number of nitrogens with zero attached hydrogens (tertiary/aromatic N) is 2. The number of fused-ring (bicyclic) bond motifs is 3. The zero-order valence-corrected chi connectivity index (χ0v) is 15.0. The van der Waals surface area contributed by atoms with E-state index in [2.05, 4.69) is 9.97 Å². The maximum Gasteiger partial charge on any atom is 0.257 e. The number of rotatable bonds is 2. The highest BCUT2D eigenvalue weighted by molar-refractivity contribution is 6.34. The molecule has 5 nitrogen and oxygen atoms in total. The third kappa shape index (κ3) is 2.83. The fraction of sp³-hybridized carbons (Fsp3) is 0.222. The van der Waals surface area contributed by atoms with E-state index >= 15 is 0 Å². The number of hydrogen-bond donors (Lipinski definition) is 1. The SMILES string of the molecule is COc1ccc2[nH]c3c(c2c1)CN(C(=O)c1ccc(Cl)nc1Cl)CC3. The van der Waals surface area contributed by atoms with E-state index in [9.17, 15) is 4.79 Å². The monoisotopic (exact) mass is 375 g/mol. The summed E-state index contributed by atoms with van der Waals surface area (Å²) in [6.07, 6.45) is 0.761. The Kier molecular flexibility index (Phi) is 4.06. The van der Waals surface area contributed by atoms with Crippen LogP contribution in [-0.4, -0.2) is 34.4 Å². The number of pyridine rings is 1. The summed E-state index contributed by atoms with van der Waals surface area (Å²) in [5, 5.41) is 1.47. The number of aromatic nitrogens is 2. The van der Waals surface area contributed by atoms with Crippen LogP contribution in [0, 0.1) is 0 Å². The molecule has 1 aromatic carbocycles. The largest absolute Gasteiger partial charge is 0.497 e. The Morgan fingerprint density at radius 2 is 2.12 bits per heavy atom. The van der Waals surface area contributed by atoms with E-state index in [0.717, 1.165) is 34.3 Å². The van der Waals surface area contributed by atoms with Crippen LogP contribution in [0.2, 0.25) is 10.3 Å². The van der Waals surface area contributed by atoms with Crippen molar-refractivity contribution in [1.29, 1.82) is 0 Å². The number of hydrogen-bond acceptors (Lipinski definition) is 3. The Hall–Kier alpha value is -2.24. The molecule has 2 aromatic heterocycles. The van der Waals surface area contributed by atoms with Crippen LogP contribution in [-0.2, 0) is 13.0 Å². The molecular weight excluding hydrogens is 361 g/mol. The first-order valence-electron chi connectivity index (χ1n) is 7.85. The van der Waals surface area contributed by atoms with Crippen LogP contribution in [0.3, 0.4) is 0 Å². The van der Waals surface area contributed by atoms with Crippen molar-refractivity contribution in [3.63, 3.8) is 0 Å². The minimum Gasteiger partial charge on any atom is -0.497 e. The minimum absolute atomic E-state index is 0.129. The number of methoxy groups -OCH3 is 1. The number of ether oxygens (including phenoxy) is 1. The number of benzene rings is 1. The van der Waals surface area contributed by atoms with Gasteiger partial charge in [0.15, 0.2) is 0 Å². The molecular formula is C18H15Cl2N3O2. The van der Waals surface area contributed by atoms with E-state index in [1.807, 2.05) is 18.2 Å². The van der Waals surface area contributed by atoms with Crippen LogP contribution < -0.4 is 4.74 Å². The zero-order chi connectivity index (χ0) is 17.6. The lowest BCUT2D eigenvalue weighted by Gasteiger charge is -2.27. The van der Waals surface area contributed by atoms with Gasteiger partial charge in [0.1, 0.15) is 16.1 Å². The first kappa shape index (κ1) is 16.2. The quantitative estimate of drug-likeness (QED) is 0.686. The van der Waals surface area contributed by atoms with Crippen LogP contribution in [0.1, 0.15) is 21.6 Å². The average molecular weight is 376 g/mol. The number of aromatic amines is 1. The molecule has 1 aliphatic heterocycles. The number of amides is 1. The van der Waals surface area contributed by atoms with Gasteiger partial charge in [0.2, 0.25) is 0 Å². The molecule has 25 heavy (non-hydrogen) atoms. The molecule has 0 spiro atoms. The standard InChI is InChI=1S/C18H15Cl2N3O2/c1-25-10-2-4-14-12(8-10)13-9-23(7-6-15(13)21-14)18(24)11-3-5-16(19)22-17(11)20/h2-5,8,21H,6-7,9H2,1H3. The second-order valence-electron chi connectivity index (χ2n) is 5.94. The summed E-state index contributed by atoms with van der Waals surface area (Å²) >= 11 is 11.9. The topological polar surface area (TPSA) is 58.2 Å². The molecule has 0 saturated carbocycles. The second kappa shape index (κ2) is 6.24. The Morgan fingerprint density at radius 1 is 1.28 bits per heavy atom. The molecule has 0 saturated heterocycles. The Labute approximate surface area is 154 Å². The molecule has 0 radical (unpaired) electrons. The average Bonchev–Trinajstić information content (AvgIpc) is 2.98. The van der Waals surface area contributed by atoms with Crippen molar-refractivity contribution in [3.8, 4) is 5.75 Å². The van der Waals surface area contributed by atoms with Gasteiger partial charge in [0, 0.05) is 41.7 Å². The first-order valence-corrected chi connectivity index (χ1v) is 8.61. The van der Waals surface area contributed by atoms with E-state index < -0.39 is 0 Å². The summed E-state index contributed by atoms with van der Waals surface area (Å²) in [7, 11) is 1.64. The lowest BCUT2D eigenvalue weighted by molar-refractivity contribution is 0.0735. The third-order valence-corrected chi connectivity index (χ3v) is 5.01. The molecule has 0 fully saturated rings. The molecule has 4 rings (SSSR count). The van der Waals surface area contributed by atoms with Crippen LogP contribution in [0.5, 0.6) is 5.75 Å². The van der Waals surface area contributed by atoms with Gasteiger partial charge in [-0.05, 0) is 30.3 Å². The molecule has 0 bridgehead atoms. The zero-order valence-electron chi connectivity index (χ0n) is 13.5. The predicted octanol–water partition coefficient (Wildman–Crippen LogP) is 4.08. The molecule has 1 N–H and O–H groups in total. The maximum atomic E-state index is 12.8. The summed E-state index contributed by atoms with van der Waals surface area (Å²) in [5.74, 6) is 0.653. The van der Waals surface area contributed by atoms with Crippen molar-refractivity contribution in [2.45, 2.75) is 13.0 Å². The molecule has 1 amide bonds. The number of halogens is 2. The maximum absolute atomic E-state index is 12.8. The van der Waals surface area contributed by atoms with Gasteiger partial charge < -0.3 is 14.6 Å². The molecule has 3 heterocycles. The van der Waals surface area contributed by atoms with Gasteiger partial charge in [-0.25, -0.2) is 4.98 Å². The van der Waals surface area contributed by atoms with Gasteiger partial charge in [0.05, 0.1) is 12.7 Å². The normalized spacial score (nSPS) is 13.8. The van der Waals surface area contributed by atoms with E-state index in [1.54, 1.807) is 24.1 Å². The Balaban J connectivity index is 1.69. The summed E-state index contributed by atoms with van der Waals surface area (Å²) in [6.45, 7) is 1.13. The lowest BCUT2D eigenvalue weighted by atomic mass is 10.0. The third-order valence-electron chi connectivity index (χ3n) is 4.51. The number of carbonyl (C=O) groups excluding carboxylic acids is 1. The highest BCUT2D eigenvalue weighted by atomic mass is 35.5. The molecule has 0 unspecified atom stereocenters. The first-order chi connectivity index (χ1) is 12.1. The van der Waals surface area contributed by atoms with Crippen molar-refractivity contribution in [1.82, 2.24) is 14.9 Å². The van der Waals surface area contributed by atoms with Gasteiger partial charge in [-0.1, -0.05) is 23.2 Å². The van der Waals surface area contributed by atoms with Crippen molar-refractivity contribution in [2.24, 2.45) is 0 Å². The molecule has 3 aromatic rings. The van der Waals surface area contributed by atoms with Crippen molar-refractivity contribution >= 4 is 40.0 Å². The van der Waals surface area contributed by atoms with E-state index in [-0.39, 0.29) is 16.2 Å². The van der Waals surface area contributed by atoms with Crippen LogP contribution >= 0.6 is 23.2 Å². The second-order valence-corrected chi connectivity index (χ2v) is 6.69.